The van der Waals surface area contributed by atoms with Crippen molar-refractivity contribution < 1.29 is 13.5 Å². The number of hydrogen-bond acceptors (Lipinski definition) is 4. The van der Waals surface area contributed by atoms with Gasteiger partial charge < -0.3 is 5.11 Å². The number of phenols is 1. The normalized spacial score (nSPS) is 12.2. The lowest BCUT2D eigenvalue weighted by molar-refractivity contribution is 0.479. The summed E-state index contributed by atoms with van der Waals surface area (Å²) in [6.07, 6.45) is 0.722. The molecule has 5 nitrogen and oxygen atoms in total. The average Bonchev–Trinajstić information content (AvgIpc) is 2.38. The van der Waals surface area contributed by atoms with Gasteiger partial charge in [0.2, 0.25) is 10.0 Å². The van der Waals surface area contributed by atoms with E-state index in [2.05, 4.69) is 4.98 Å². The second kappa shape index (κ2) is 4.79. The molecule has 0 amide bonds. The Bertz CT molecular complexity index is 724. The summed E-state index contributed by atoms with van der Waals surface area (Å²) in [6.45, 7) is 1.95. The molecule has 1 aromatic carbocycles. The van der Waals surface area contributed by atoms with Gasteiger partial charge in [0.05, 0.1) is 4.90 Å². The number of pyridine rings is 1. The van der Waals surface area contributed by atoms with Crippen LogP contribution in [-0.4, -0.2) is 36.9 Å². The van der Waals surface area contributed by atoms with E-state index < -0.39 is 10.0 Å². The Hall–Kier alpha value is -1.66. The molecule has 6 heteroatoms. The quantitative estimate of drug-likeness (QED) is 0.930. The van der Waals surface area contributed by atoms with Gasteiger partial charge in [-0.15, -0.1) is 0 Å². The van der Waals surface area contributed by atoms with E-state index in [1.54, 1.807) is 12.1 Å². The summed E-state index contributed by atoms with van der Waals surface area (Å²) in [5.41, 5.74) is 1.13. The average molecular weight is 280 g/mol. The van der Waals surface area contributed by atoms with Gasteiger partial charge in [-0.05, 0) is 30.7 Å². The van der Waals surface area contributed by atoms with Crippen LogP contribution in [0.5, 0.6) is 5.75 Å². The van der Waals surface area contributed by atoms with E-state index in [1.807, 2.05) is 6.92 Å². The Labute approximate surface area is 112 Å². The molecule has 0 aliphatic rings. The molecule has 0 atom stereocenters. The van der Waals surface area contributed by atoms with Crippen LogP contribution >= 0.6 is 0 Å². The first-order chi connectivity index (χ1) is 8.87. The molecule has 102 valence electrons. The van der Waals surface area contributed by atoms with Crippen molar-refractivity contribution in [2.45, 2.75) is 18.2 Å². The molecule has 0 fully saturated rings. The fourth-order valence-electron chi connectivity index (χ4n) is 1.84. The first kappa shape index (κ1) is 13.8. The van der Waals surface area contributed by atoms with Crippen molar-refractivity contribution in [2.24, 2.45) is 0 Å². The number of aromatic nitrogens is 1. The van der Waals surface area contributed by atoms with Crippen LogP contribution in [-0.2, 0) is 16.4 Å². The molecule has 2 rings (SSSR count). The van der Waals surface area contributed by atoms with Crippen molar-refractivity contribution in [3.8, 4) is 5.75 Å². The van der Waals surface area contributed by atoms with Crippen LogP contribution in [0.2, 0.25) is 0 Å². The predicted molar refractivity (Wildman–Crippen MR) is 73.7 cm³/mol. The van der Waals surface area contributed by atoms with E-state index in [0.29, 0.717) is 10.9 Å². The van der Waals surface area contributed by atoms with Crippen molar-refractivity contribution in [3.05, 3.63) is 30.0 Å². The molecule has 0 aliphatic carbocycles. The summed E-state index contributed by atoms with van der Waals surface area (Å²) in [6, 6.07) is 6.24. The third kappa shape index (κ3) is 2.29. The number of fused-ring (bicyclic) bond motifs is 1. The highest BCUT2D eigenvalue weighted by Crippen LogP contribution is 2.30. The Balaban J connectivity index is 2.82. The van der Waals surface area contributed by atoms with Crippen LogP contribution in [0.15, 0.2) is 29.2 Å². The second-order valence-electron chi connectivity index (χ2n) is 4.42. The Morgan fingerprint density at radius 2 is 1.89 bits per heavy atom. The van der Waals surface area contributed by atoms with Crippen molar-refractivity contribution in [2.75, 3.05) is 14.1 Å². The van der Waals surface area contributed by atoms with Gasteiger partial charge in [-0.1, -0.05) is 6.92 Å². The zero-order chi connectivity index (χ0) is 14.2. The van der Waals surface area contributed by atoms with Gasteiger partial charge in [-0.3, -0.25) is 0 Å². The second-order valence-corrected chi connectivity index (χ2v) is 6.54. The largest absolute Gasteiger partial charge is 0.506 e. The van der Waals surface area contributed by atoms with Gasteiger partial charge >= 0.3 is 0 Å². The Kier molecular flexibility index (Phi) is 3.47. The van der Waals surface area contributed by atoms with Crippen LogP contribution in [0.1, 0.15) is 12.6 Å². The van der Waals surface area contributed by atoms with Crippen LogP contribution in [0.4, 0.5) is 0 Å². The molecule has 0 saturated heterocycles. The minimum Gasteiger partial charge on any atom is -0.506 e. The third-order valence-electron chi connectivity index (χ3n) is 2.97. The Morgan fingerprint density at radius 1 is 1.21 bits per heavy atom. The maximum absolute atomic E-state index is 12.2. The standard InChI is InChI=1S/C13H16N2O3S/c1-4-9-5-6-10-12(19(17,18)15(2)3)8-7-11(16)13(10)14-9/h5-8,16H,4H2,1-3H3. The van der Waals surface area contributed by atoms with Crippen molar-refractivity contribution in [1.82, 2.24) is 9.29 Å². The van der Waals surface area contributed by atoms with E-state index in [0.717, 1.165) is 16.4 Å². The summed E-state index contributed by atoms with van der Waals surface area (Å²) in [7, 11) is -0.609. The highest BCUT2D eigenvalue weighted by molar-refractivity contribution is 7.89. The molecule has 0 bridgehead atoms. The number of aryl methyl sites for hydroxylation is 1. The first-order valence-electron chi connectivity index (χ1n) is 5.92. The molecule has 0 unspecified atom stereocenters. The van der Waals surface area contributed by atoms with E-state index >= 15 is 0 Å². The van der Waals surface area contributed by atoms with Gasteiger partial charge in [-0.25, -0.2) is 17.7 Å². The lowest BCUT2D eigenvalue weighted by Crippen LogP contribution is -2.22. The van der Waals surface area contributed by atoms with Gasteiger partial charge in [0.15, 0.2) is 0 Å². The van der Waals surface area contributed by atoms with E-state index in [4.69, 9.17) is 0 Å². The summed E-state index contributed by atoms with van der Waals surface area (Å²) in [5.74, 6) is -0.0111. The van der Waals surface area contributed by atoms with Crippen molar-refractivity contribution in [3.63, 3.8) is 0 Å². The summed E-state index contributed by atoms with van der Waals surface area (Å²) in [5, 5.41) is 10.3. The molecular formula is C13H16N2O3S. The van der Waals surface area contributed by atoms with Gasteiger partial charge in [0, 0.05) is 25.2 Å². The first-order valence-corrected chi connectivity index (χ1v) is 7.36. The third-order valence-corrected chi connectivity index (χ3v) is 4.85. The van der Waals surface area contributed by atoms with Crippen LogP contribution in [0, 0.1) is 0 Å². The molecule has 0 saturated carbocycles. The number of phenolic OH excluding ortho intramolecular Hbond substituents is 1. The molecule has 1 aromatic heterocycles. The molecule has 0 spiro atoms. The van der Waals surface area contributed by atoms with E-state index in [-0.39, 0.29) is 10.6 Å². The number of hydrogen-bond donors (Lipinski definition) is 1. The predicted octanol–water partition coefficient (Wildman–Crippen LogP) is 1.75. The topological polar surface area (TPSA) is 70.5 Å². The molecule has 19 heavy (non-hydrogen) atoms. The zero-order valence-corrected chi connectivity index (χ0v) is 11.9. The SMILES string of the molecule is CCc1ccc2c(S(=O)(=O)N(C)C)ccc(O)c2n1. The fraction of sp³-hybridized carbons (Fsp3) is 0.308. The minimum absolute atomic E-state index is 0.0111. The van der Waals surface area contributed by atoms with Gasteiger partial charge in [0.25, 0.3) is 0 Å². The fourth-order valence-corrected chi connectivity index (χ4v) is 2.91. The lowest BCUT2D eigenvalue weighted by atomic mass is 10.1. The highest BCUT2D eigenvalue weighted by Gasteiger charge is 2.21. The smallest absolute Gasteiger partial charge is 0.243 e. The number of benzene rings is 1. The molecule has 0 radical (unpaired) electrons. The number of nitrogens with zero attached hydrogens (tertiary/aromatic N) is 2. The van der Waals surface area contributed by atoms with Crippen LogP contribution in [0.25, 0.3) is 10.9 Å². The molecule has 1 heterocycles. The molecule has 1 N–H and O–H groups in total. The van der Waals surface area contributed by atoms with Crippen LogP contribution < -0.4 is 0 Å². The summed E-state index contributed by atoms with van der Waals surface area (Å²) < 4.78 is 25.6. The van der Waals surface area contributed by atoms with Gasteiger partial charge in [-0.2, -0.15) is 0 Å². The van der Waals surface area contributed by atoms with Crippen molar-refractivity contribution in [1.29, 1.82) is 0 Å². The number of sulfonamides is 1. The highest BCUT2D eigenvalue weighted by atomic mass is 32.2. The maximum atomic E-state index is 12.2. The number of aromatic hydroxyl groups is 1. The summed E-state index contributed by atoms with van der Waals surface area (Å²) in [4.78, 5) is 4.45. The molecule has 2 aromatic rings. The van der Waals surface area contributed by atoms with Crippen molar-refractivity contribution >= 4 is 20.9 Å². The van der Waals surface area contributed by atoms with E-state index in [1.165, 1.54) is 26.2 Å². The molecular weight excluding hydrogens is 264 g/mol. The maximum Gasteiger partial charge on any atom is 0.243 e. The summed E-state index contributed by atoms with van der Waals surface area (Å²) >= 11 is 0. The van der Waals surface area contributed by atoms with Gasteiger partial charge in [0.1, 0.15) is 11.3 Å². The number of rotatable bonds is 3. The Morgan fingerprint density at radius 3 is 2.47 bits per heavy atom. The molecule has 0 aliphatic heterocycles. The van der Waals surface area contributed by atoms with Crippen LogP contribution in [0.3, 0.4) is 0 Å². The lowest BCUT2D eigenvalue weighted by Gasteiger charge is -2.14. The zero-order valence-electron chi connectivity index (χ0n) is 11.1. The monoisotopic (exact) mass is 280 g/mol. The van der Waals surface area contributed by atoms with E-state index in [9.17, 15) is 13.5 Å². The minimum atomic E-state index is -3.56.